The van der Waals surface area contributed by atoms with Crippen molar-refractivity contribution in [1.82, 2.24) is 4.90 Å². The highest BCUT2D eigenvalue weighted by Gasteiger charge is 2.55. The zero-order chi connectivity index (χ0) is 23.6. The smallest absolute Gasteiger partial charge is 0.259 e. The van der Waals surface area contributed by atoms with Crippen molar-refractivity contribution in [3.05, 3.63) is 144 Å². The quantitative estimate of drug-likeness (QED) is 0.313. The molecular weight excluding hydrogens is 390 g/mol. The standard InChI is InChI=1S/C30H33NO/c1-7-13-20-24(18-9-3)30(25-21-16-15-17-22-25)28(12-6)27(19-10-4)29(32)31(30)26(11-5)23-14-8-2/h7-23H,2,4H2,1,3,5-6H3/b13-7-,18-9-,23-14-,24-20+,26-11+,27-19+,28-12+. The van der Waals surface area contributed by atoms with Crippen molar-refractivity contribution < 1.29 is 4.79 Å². The van der Waals surface area contributed by atoms with Crippen molar-refractivity contribution >= 4 is 5.91 Å². The molecule has 0 saturated carbocycles. The third kappa shape index (κ3) is 4.36. The zero-order valence-electron chi connectivity index (χ0n) is 19.6. The normalized spacial score (nSPS) is 22.9. The Balaban J connectivity index is 3.15. The largest absolute Gasteiger partial charge is 0.290 e. The number of rotatable bonds is 8. The van der Waals surface area contributed by atoms with E-state index in [0.717, 1.165) is 22.4 Å². The summed E-state index contributed by atoms with van der Waals surface area (Å²) in [5.74, 6) is -0.0699. The highest BCUT2D eigenvalue weighted by molar-refractivity contribution is 6.06. The molecule has 1 amide bonds. The van der Waals surface area contributed by atoms with Crippen LogP contribution in [0.1, 0.15) is 33.3 Å². The molecule has 0 aromatic heterocycles. The molecule has 0 spiro atoms. The van der Waals surface area contributed by atoms with Crippen LogP contribution in [0.25, 0.3) is 0 Å². The molecule has 32 heavy (non-hydrogen) atoms. The SMILES string of the molecule is C=C/C=C\C(=C/C)N1C(=O)C(=C/C=C)/C(=C\C)C1(C(/C=C\C)=C/C=C\C)c1ccccc1. The van der Waals surface area contributed by atoms with Gasteiger partial charge in [0.25, 0.3) is 5.91 Å². The van der Waals surface area contributed by atoms with Crippen LogP contribution in [-0.2, 0) is 10.3 Å². The van der Waals surface area contributed by atoms with Crippen molar-refractivity contribution in [3.63, 3.8) is 0 Å². The third-order valence-electron chi connectivity index (χ3n) is 5.40. The van der Waals surface area contributed by atoms with Crippen molar-refractivity contribution in [2.24, 2.45) is 0 Å². The number of hydrogen-bond acceptors (Lipinski definition) is 1. The number of benzene rings is 1. The van der Waals surface area contributed by atoms with Gasteiger partial charge in [-0.2, -0.15) is 0 Å². The lowest BCUT2D eigenvalue weighted by molar-refractivity contribution is -0.125. The first-order valence-electron chi connectivity index (χ1n) is 10.9. The fourth-order valence-corrected chi connectivity index (χ4v) is 4.22. The van der Waals surface area contributed by atoms with Crippen LogP contribution in [0.4, 0.5) is 0 Å². The van der Waals surface area contributed by atoms with Gasteiger partial charge in [0, 0.05) is 11.3 Å². The van der Waals surface area contributed by atoms with E-state index in [1.165, 1.54) is 0 Å². The molecule has 1 saturated heterocycles. The Morgan fingerprint density at radius 1 is 0.938 bits per heavy atom. The van der Waals surface area contributed by atoms with Gasteiger partial charge >= 0.3 is 0 Å². The number of likely N-dealkylation sites (tertiary alicyclic amines) is 1. The molecule has 1 aliphatic rings. The molecule has 2 nitrogen and oxygen atoms in total. The van der Waals surface area contributed by atoms with E-state index in [1.54, 1.807) is 12.2 Å². The molecule has 1 heterocycles. The summed E-state index contributed by atoms with van der Waals surface area (Å²) in [6.07, 6.45) is 23.2. The van der Waals surface area contributed by atoms with Gasteiger partial charge < -0.3 is 0 Å². The van der Waals surface area contributed by atoms with Gasteiger partial charge in [0.15, 0.2) is 0 Å². The Bertz CT molecular complexity index is 1060. The molecule has 1 aromatic carbocycles. The molecule has 0 bridgehead atoms. The van der Waals surface area contributed by atoms with E-state index in [-0.39, 0.29) is 5.91 Å². The summed E-state index contributed by atoms with van der Waals surface area (Å²) in [4.78, 5) is 15.9. The lowest BCUT2D eigenvalue weighted by Gasteiger charge is -2.41. The van der Waals surface area contributed by atoms with E-state index in [9.17, 15) is 4.79 Å². The first-order valence-corrected chi connectivity index (χ1v) is 10.9. The van der Waals surface area contributed by atoms with E-state index in [4.69, 9.17) is 0 Å². The maximum atomic E-state index is 14.0. The van der Waals surface area contributed by atoms with Crippen LogP contribution in [-0.4, -0.2) is 10.8 Å². The topological polar surface area (TPSA) is 20.3 Å². The first kappa shape index (κ1) is 24.6. The highest BCUT2D eigenvalue weighted by atomic mass is 16.2. The molecule has 2 heteroatoms. The summed E-state index contributed by atoms with van der Waals surface area (Å²) >= 11 is 0. The van der Waals surface area contributed by atoms with Gasteiger partial charge in [-0.3, -0.25) is 9.69 Å². The minimum atomic E-state index is -0.846. The van der Waals surface area contributed by atoms with Gasteiger partial charge in [-0.25, -0.2) is 0 Å². The Morgan fingerprint density at radius 3 is 2.19 bits per heavy atom. The van der Waals surface area contributed by atoms with Crippen LogP contribution >= 0.6 is 0 Å². The average Bonchev–Trinajstić information content (AvgIpc) is 3.06. The number of carbonyl (C=O) groups is 1. The number of amides is 1. The number of allylic oxidation sites excluding steroid dienone is 11. The van der Waals surface area contributed by atoms with Crippen LogP contribution in [0.2, 0.25) is 0 Å². The fourth-order valence-electron chi connectivity index (χ4n) is 4.22. The molecule has 164 valence electrons. The molecule has 1 unspecified atom stereocenters. The molecule has 0 N–H and O–H groups in total. The zero-order valence-corrected chi connectivity index (χ0v) is 19.6. The van der Waals surface area contributed by atoms with Crippen LogP contribution in [0, 0.1) is 0 Å². The molecular formula is C30H33NO. The molecule has 1 atom stereocenters. The predicted octanol–water partition coefficient (Wildman–Crippen LogP) is 7.51. The maximum absolute atomic E-state index is 14.0. The van der Waals surface area contributed by atoms with Gasteiger partial charge in [-0.05, 0) is 56.6 Å². The van der Waals surface area contributed by atoms with Crippen LogP contribution in [0.15, 0.2) is 139 Å². The number of hydrogen-bond donors (Lipinski definition) is 0. The number of carbonyl (C=O) groups excluding carboxylic acids is 1. The lowest BCUT2D eigenvalue weighted by Crippen LogP contribution is -2.44. The van der Waals surface area contributed by atoms with Gasteiger partial charge in [0.05, 0.1) is 0 Å². The van der Waals surface area contributed by atoms with Crippen molar-refractivity contribution in [2.75, 3.05) is 0 Å². The highest BCUT2D eigenvalue weighted by Crippen LogP contribution is 2.53. The van der Waals surface area contributed by atoms with Crippen LogP contribution < -0.4 is 0 Å². The summed E-state index contributed by atoms with van der Waals surface area (Å²) in [6.45, 7) is 15.6. The minimum Gasteiger partial charge on any atom is -0.290 e. The van der Waals surface area contributed by atoms with Crippen molar-refractivity contribution in [1.29, 1.82) is 0 Å². The lowest BCUT2D eigenvalue weighted by atomic mass is 9.74. The Kier molecular flexibility index (Phi) is 8.97. The second-order valence-corrected chi connectivity index (χ2v) is 7.19. The van der Waals surface area contributed by atoms with E-state index in [1.807, 2.05) is 99.4 Å². The van der Waals surface area contributed by atoms with Gasteiger partial charge in [0.2, 0.25) is 0 Å². The molecule has 0 radical (unpaired) electrons. The Morgan fingerprint density at radius 2 is 1.66 bits per heavy atom. The average molecular weight is 424 g/mol. The predicted molar refractivity (Wildman–Crippen MR) is 138 cm³/mol. The summed E-state index contributed by atoms with van der Waals surface area (Å²) < 4.78 is 0. The number of nitrogens with zero attached hydrogens (tertiary/aromatic N) is 1. The molecule has 1 aromatic rings. The third-order valence-corrected chi connectivity index (χ3v) is 5.40. The van der Waals surface area contributed by atoms with Gasteiger partial charge in [-0.1, -0.05) is 104 Å². The van der Waals surface area contributed by atoms with E-state index in [2.05, 4.69) is 37.4 Å². The van der Waals surface area contributed by atoms with E-state index >= 15 is 0 Å². The molecule has 1 fully saturated rings. The van der Waals surface area contributed by atoms with Crippen LogP contribution in [0.5, 0.6) is 0 Å². The van der Waals surface area contributed by atoms with Gasteiger partial charge in [0.1, 0.15) is 5.54 Å². The van der Waals surface area contributed by atoms with E-state index in [0.29, 0.717) is 5.57 Å². The second-order valence-electron chi connectivity index (χ2n) is 7.19. The molecule has 0 aliphatic carbocycles. The summed E-state index contributed by atoms with van der Waals surface area (Å²) in [5.41, 5.74) is 3.50. The van der Waals surface area contributed by atoms with Crippen molar-refractivity contribution in [3.8, 4) is 0 Å². The monoisotopic (exact) mass is 423 g/mol. The molecule has 2 rings (SSSR count). The summed E-state index contributed by atoms with van der Waals surface area (Å²) in [6, 6.07) is 10.2. The fraction of sp³-hybridized carbons (Fsp3) is 0.167. The maximum Gasteiger partial charge on any atom is 0.259 e. The summed E-state index contributed by atoms with van der Waals surface area (Å²) in [7, 11) is 0. The van der Waals surface area contributed by atoms with Crippen LogP contribution in [0.3, 0.4) is 0 Å². The van der Waals surface area contributed by atoms with E-state index < -0.39 is 5.54 Å². The second kappa shape index (κ2) is 11.7. The summed E-state index contributed by atoms with van der Waals surface area (Å²) in [5, 5.41) is 0. The molecule has 1 aliphatic heterocycles. The van der Waals surface area contributed by atoms with Crippen molar-refractivity contribution in [2.45, 2.75) is 33.2 Å². The Labute approximate surface area is 193 Å². The van der Waals surface area contributed by atoms with Gasteiger partial charge in [-0.15, -0.1) is 0 Å². The minimum absolute atomic E-state index is 0.0699. The first-order chi connectivity index (χ1) is 15.6. The Hall–Kier alpha value is -3.65.